The summed E-state index contributed by atoms with van der Waals surface area (Å²) in [5.41, 5.74) is 5.34. The molecule has 1 atom stereocenters. The summed E-state index contributed by atoms with van der Waals surface area (Å²) in [6.45, 7) is -0.166. The third-order valence-electron chi connectivity index (χ3n) is 4.56. The lowest BCUT2D eigenvalue weighted by Gasteiger charge is -2.31. The molecule has 0 radical (unpaired) electrons. The highest BCUT2D eigenvalue weighted by Gasteiger charge is 2.44. The number of ketones is 1. The summed E-state index contributed by atoms with van der Waals surface area (Å²) in [5, 5.41) is 4.51. The largest absolute Gasteiger partial charge is 0.439 e. The minimum atomic E-state index is -1.24. The van der Waals surface area contributed by atoms with Crippen LogP contribution in [0.4, 0.5) is 10.5 Å². The molecular formula is C19H14Cl2N6O4. The number of hydrazine groups is 1. The average molecular weight is 461 g/mol. The van der Waals surface area contributed by atoms with Crippen LogP contribution in [0.5, 0.6) is 0 Å². The number of halogens is 2. The molecule has 31 heavy (non-hydrogen) atoms. The van der Waals surface area contributed by atoms with E-state index < -0.39 is 23.6 Å². The van der Waals surface area contributed by atoms with Gasteiger partial charge in [-0.15, -0.1) is 0 Å². The molecule has 158 valence electrons. The Morgan fingerprint density at radius 1 is 1.23 bits per heavy atom. The van der Waals surface area contributed by atoms with E-state index in [1.54, 1.807) is 24.3 Å². The quantitative estimate of drug-likeness (QED) is 0.237. The number of oxazole rings is 1. The van der Waals surface area contributed by atoms with Gasteiger partial charge >= 0.3 is 6.03 Å². The number of carbonyl (C=O) groups excluding carboxylic acids is 3. The number of hydrogen-bond donors (Lipinski definition) is 3. The highest BCUT2D eigenvalue weighted by atomic mass is 35.5. The Balaban J connectivity index is 1.78. The first-order valence-electron chi connectivity index (χ1n) is 8.88. The van der Waals surface area contributed by atoms with Crippen LogP contribution in [0.1, 0.15) is 11.8 Å². The maximum absolute atomic E-state index is 13.1. The number of aromatic nitrogens is 1. The monoisotopic (exact) mass is 460 g/mol. The average Bonchev–Trinajstić information content (AvgIpc) is 3.18. The van der Waals surface area contributed by atoms with E-state index >= 15 is 0 Å². The number of para-hydroxylation sites is 2. The molecule has 4 N–H and O–H groups in total. The third kappa shape index (κ3) is 3.96. The molecule has 2 heterocycles. The standard InChI is InChI=1S/C19H14Cl2N6O4/c20-9-5-6-13(10(21)7-9)27-8-12(25-26-19(30)24-22)15(16(28)18(27)29)17-23-11-3-1-2-4-14(11)31-17/h1-7,15H,8,22H2,(H2,24,26,30)/b25-12-/t15-/m1/s1. The highest BCUT2D eigenvalue weighted by Crippen LogP contribution is 2.34. The van der Waals surface area contributed by atoms with Crippen molar-refractivity contribution in [1.29, 1.82) is 0 Å². The number of anilines is 1. The number of hydrazone groups is 1. The maximum Gasteiger partial charge on any atom is 0.349 e. The Hall–Kier alpha value is -3.47. The maximum atomic E-state index is 13.1. The third-order valence-corrected chi connectivity index (χ3v) is 5.10. The van der Waals surface area contributed by atoms with E-state index in [4.69, 9.17) is 33.5 Å². The van der Waals surface area contributed by atoms with Gasteiger partial charge < -0.3 is 4.42 Å². The summed E-state index contributed by atoms with van der Waals surface area (Å²) in [6.07, 6.45) is 0. The summed E-state index contributed by atoms with van der Waals surface area (Å²) < 4.78 is 5.69. The number of benzene rings is 2. The summed E-state index contributed by atoms with van der Waals surface area (Å²) in [6, 6.07) is 10.6. The summed E-state index contributed by atoms with van der Waals surface area (Å²) in [7, 11) is 0. The Morgan fingerprint density at radius 3 is 2.71 bits per heavy atom. The number of rotatable bonds is 3. The predicted octanol–water partition coefficient (Wildman–Crippen LogP) is 2.36. The number of amides is 3. The molecule has 0 bridgehead atoms. The lowest BCUT2D eigenvalue weighted by Crippen LogP contribution is -2.52. The molecule has 1 aliphatic heterocycles. The molecule has 1 fully saturated rings. The van der Waals surface area contributed by atoms with Gasteiger partial charge in [-0.05, 0) is 30.3 Å². The van der Waals surface area contributed by atoms with Crippen molar-refractivity contribution < 1.29 is 18.8 Å². The number of piperidine rings is 1. The molecule has 10 nitrogen and oxygen atoms in total. The van der Waals surface area contributed by atoms with E-state index in [-0.39, 0.29) is 28.9 Å². The van der Waals surface area contributed by atoms with Gasteiger partial charge in [0.1, 0.15) is 11.4 Å². The van der Waals surface area contributed by atoms with Crippen molar-refractivity contribution in [3.05, 3.63) is 58.4 Å². The van der Waals surface area contributed by atoms with Gasteiger partial charge in [-0.2, -0.15) is 5.10 Å². The van der Waals surface area contributed by atoms with E-state index in [0.717, 1.165) is 4.90 Å². The fourth-order valence-corrected chi connectivity index (χ4v) is 3.66. The zero-order chi connectivity index (χ0) is 22.1. The van der Waals surface area contributed by atoms with Gasteiger partial charge in [-0.3, -0.25) is 19.9 Å². The topological polar surface area (TPSA) is 143 Å². The summed E-state index contributed by atoms with van der Waals surface area (Å²) in [5.74, 6) is 2.12. The van der Waals surface area contributed by atoms with Crippen molar-refractivity contribution in [2.75, 3.05) is 11.4 Å². The van der Waals surface area contributed by atoms with E-state index in [9.17, 15) is 14.4 Å². The second-order valence-electron chi connectivity index (χ2n) is 6.49. The second-order valence-corrected chi connectivity index (χ2v) is 7.34. The normalized spacial score (nSPS) is 18.0. The predicted molar refractivity (Wildman–Crippen MR) is 114 cm³/mol. The van der Waals surface area contributed by atoms with Gasteiger partial charge in [0, 0.05) is 5.02 Å². The number of hydrogen-bond acceptors (Lipinski definition) is 7. The first-order chi connectivity index (χ1) is 14.9. The van der Waals surface area contributed by atoms with Crippen LogP contribution < -0.4 is 21.6 Å². The smallest absolute Gasteiger partial charge is 0.349 e. The van der Waals surface area contributed by atoms with E-state index in [0.29, 0.717) is 16.1 Å². The van der Waals surface area contributed by atoms with Gasteiger partial charge in [-0.1, -0.05) is 35.3 Å². The zero-order valence-corrected chi connectivity index (χ0v) is 17.1. The Morgan fingerprint density at radius 2 is 2.00 bits per heavy atom. The number of nitrogens with one attached hydrogen (secondary N) is 2. The van der Waals surface area contributed by atoms with E-state index in [1.807, 2.05) is 5.43 Å². The zero-order valence-electron chi connectivity index (χ0n) is 15.6. The van der Waals surface area contributed by atoms with E-state index in [2.05, 4.69) is 15.5 Å². The SMILES string of the molecule is NNC(=O)N/N=C1/CN(c2ccc(Cl)cc2Cl)C(=O)C(=O)[C@@H]1c1nc2ccccc2o1. The first kappa shape index (κ1) is 20.8. The van der Waals surface area contributed by atoms with Crippen molar-refractivity contribution in [3.63, 3.8) is 0 Å². The fourth-order valence-electron chi connectivity index (χ4n) is 3.15. The molecule has 0 spiro atoms. The van der Waals surface area contributed by atoms with Crippen LogP contribution >= 0.6 is 23.2 Å². The second kappa shape index (κ2) is 8.34. The summed E-state index contributed by atoms with van der Waals surface area (Å²) >= 11 is 12.2. The van der Waals surface area contributed by atoms with Gasteiger partial charge in [0.25, 0.3) is 5.91 Å². The van der Waals surface area contributed by atoms with Gasteiger partial charge in [-0.25, -0.2) is 21.0 Å². The van der Waals surface area contributed by atoms with E-state index in [1.165, 1.54) is 18.2 Å². The minimum absolute atomic E-state index is 0.0184. The molecule has 4 rings (SSSR count). The Bertz CT molecular complexity index is 1210. The molecule has 0 unspecified atom stereocenters. The number of fused-ring (bicyclic) bond motifs is 1. The molecule has 2 aromatic carbocycles. The number of urea groups is 1. The molecule has 1 aliphatic rings. The molecule has 0 saturated carbocycles. The molecule has 12 heteroatoms. The van der Waals surface area contributed by atoms with Crippen molar-refractivity contribution in [1.82, 2.24) is 15.8 Å². The Kier molecular flexibility index (Phi) is 5.59. The fraction of sp³-hybridized carbons (Fsp3) is 0.105. The van der Waals surface area contributed by atoms with Crippen LogP contribution in [0.3, 0.4) is 0 Å². The Labute approximate surface area is 184 Å². The van der Waals surface area contributed by atoms with Crippen LogP contribution in [0.25, 0.3) is 11.1 Å². The first-order valence-corrected chi connectivity index (χ1v) is 9.64. The van der Waals surface area contributed by atoms with Gasteiger partial charge in [0.15, 0.2) is 5.58 Å². The minimum Gasteiger partial charge on any atom is -0.439 e. The van der Waals surface area contributed by atoms with Crippen molar-refractivity contribution in [2.24, 2.45) is 10.9 Å². The molecule has 0 aliphatic carbocycles. The highest BCUT2D eigenvalue weighted by molar-refractivity contribution is 6.50. The number of nitrogens with zero attached hydrogens (tertiary/aromatic N) is 3. The van der Waals surface area contributed by atoms with Gasteiger partial charge in [0.05, 0.1) is 23.0 Å². The summed E-state index contributed by atoms with van der Waals surface area (Å²) in [4.78, 5) is 43.0. The van der Waals surface area contributed by atoms with Crippen LogP contribution in [0.2, 0.25) is 10.0 Å². The van der Waals surface area contributed by atoms with Crippen LogP contribution in [-0.4, -0.2) is 35.0 Å². The van der Waals surface area contributed by atoms with Crippen LogP contribution in [0, 0.1) is 0 Å². The number of nitrogens with two attached hydrogens (primary N) is 1. The molecular weight excluding hydrogens is 447 g/mol. The number of carbonyl (C=O) groups is 3. The van der Waals surface area contributed by atoms with Crippen LogP contribution in [0.15, 0.2) is 52.0 Å². The molecule has 3 amide bonds. The molecule has 1 aromatic heterocycles. The lowest BCUT2D eigenvalue weighted by atomic mass is 9.92. The molecule has 3 aromatic rings. The molecule has 1 saturated heterocycles. The van der Waals surface area contributed by atoms with Crippen molar-refractivity contribution in [3.8, 4) is 0 Å². The van der Waals surface area contributed by atoms with Gasteiger partial charge in [0.2, 0.25) is 11.7 Å². The van der Waals surface area contributed by atoms with Crippen molar-refractivity contribution >= 4 is 63.4 Å². The lowest BCUT2D eigenvalue weighted by molar-refractivity contribution is -0.137. The van der Waals surface area contributed by atoms with Crippen molar-refractivity contribution in [2.45, 2.75) is 5.92 Å². The van der Waals surface area contributed by atoms with Crippen LogP contribution in [-0.2, 0) is 9.59 Å². The number of Topliss-reactive ketones (excluding diaryl/α,β-unsaturated/α-hetero) is 1.